The van der Waals surface area contributed by atoms with Crippen LogP contribution in [0.1, 0.15) is 42.2 Å². The van der Waals surface area contributed by atoms with Crippen molar-refractivity contribution in [3.63, 3.8) is 0 Å². The standard InChI is InChI=1S/C32H31F2NO3/c1-32(2)31(37-21-24-10-14-26(34)15-11-24)30(36-20-23-6-4-3-5-7-23)28-18-27(16-17-29(28)38-32)35-19-22-8-12-25(33)13-9-22/h3-18,30-31,35H,19-21H2,1-2H3. The van der Waals surface area contributed by atoms with Crippen LogP contribution < -0.4 is 10.1 Å². The molecule has 0 bridgehead atoms. The molecule has 1 heterocycles. The Morgan fingerprint density at radius 2 is 1.34 bits per heavy atom. The topological polar surface area (TPSA) is 39.7 Å². The van der Waals surface area contributed by atoms with E-state index in [1.54, 1.807) is 24.3 Å². The van der Waals surface area contributed by atoms with Gasteiger partial charge in [0.1, 0.15) is 35.2 Å². The highest BCUT2D eigenvalue weighted by Gasteiger charge is 2.45. The lowest BCUT2D eigenvalue weighted by Gasteiger charge is -2.44. The maximum Gasteiger partial charge on any atom is 0.132 e. The predicted octanol–water partition coefficient (Wildman–Crippen LogP) is 7.59. The molecular formula is C32H31F2NO3. The molecule has 4 aromatic carbocycles. The number of rotatable bonds is 9. The highest BCUT2D eigenvalue weighted by atomic mass is 19.1. The lowest BCUT2D eigenvalue weighted by Crippen LogP contribution is -2.50. The molecule has 2 unspecified atom stereocenters. The van der Waals surface area contributed by atoms with E-state index in [1.165, 1.54) is 24.3 Å². The third kappa shape index (κ3) is 6.21. The third-order valence-corrected chi connectivity index (χ3v) is 6.67. The van der Waals surface area contributed by atoms with E-state index in [-0.39, 0.29) is 11.6 Å². The summed E-state index contributed by atoms with van der Waals surface area (Å²) in [5.41, 5.74) is 3.98. The van der Waals surface area contributed by atoms with Crippen LogP contribution in [0.3, 0.4) is 0 Å². The van der Waals surface area contributed by atoms with E-state index in [4.69, 9.17) is 14.2 Å². The molecule has 0 radical (unpaired) electrons. The molecule has 4 aromatic rings. The van der Waals surface area contributed by atoms with Crippen LogP contribution in [0, 0.1) is 11.6 Å². The zero-order chi connectivity index (χ0) is 26.5. The Balaban J connectivity index is 1.41. The molecule has 38 heavy (non-hydrogen) atoms. The summed E-state index contributed by atoms with van der Waals surface area (Å²) in [4.78, 5) is 0. The average molecular weight is 516 g/mol. The van der Waals surface area contributed by atoms with E-state index in [1.807, 2.05) is 62.4 Å². The highest BCUT2D eigenvalue weighted by Crippen LogP contribution is 2.45. The summed E-state index contributed by atoms with van der Waals surface area (Å²) in [6.07, 6.45) is -0.849. The lowest BCUT2D eigenvalue weighted by atomic mass is 9.87. The van der Waals surface area contributed by atoms with Crippen molar-refractivity contribution in [1.82, 2.24) is 0 Å². The number of halogens is 2. The van der Waals surface area contributed by atoms with Gasteiger partial charge in [0.2, 0.25) is 0 Å². The monoisotopic (exact) mass is 515 g/mol. The number of nitrogens with one attached hydrogen (secondary N) is 1. The second kappa shape index (κ2) is 11.3. The normalized spacial score (nSPS) is 17.9. The van der Waals surface area contributed by atoms with Gasteiger partial charge in [-0.15, -0.1) is 0 Å². The highest BCUT2D eigenvalue weighted by molar-refractivity contribution is 5.54. The largest absolute Gasteiger partial charge is 0.485 e. The minimum absolute atomic E-state index is 0.257. The van der Waals surface area contributed by atoms with Crippen molar-refractivity contribution in [2.24, 2.45) is 0 Å². The molecule has 6 heteroatoms. The molecule has 2 atom stereocenters. The van der Waals surface area contributed by atoms with Crippen molar-refractivity contribution in [3.05, 3.63) is 131 Å². The minimum Gasteiger partial charge on any atom is -0.485 e. The lowest BCUT2D eigenvalue weighted by molar-refractivity contribution is -0.170. The van der Waals surface area contributed by atoms with E-state index in [2.05, 4.69) is 5.32 Å². The Hall–Kier alpha value is -3.74. The van der Waals surface area contributed by atoms with Gasteiger partial charge < -0.3 is 19.5 Å². The Bertz CT molecular complexity index is 1340. The zero-order valence-corrected chi connectivity index (χ0v) is 21.5. The van der Waals surface area contributed by atoms with Crippen LogP contribution in [-0.4, -0.2) is 11.7 Å². The second-order valence-corrected chi connectivity index (χ2v) is 10.0. The zero-order valence-electron chi connectivity index (χ0n) is 21.5. The Kier molecular flexibility index (Phi) is 7.72. The minimum atomic E-state index is -0.683. The number of hydrogen-bond acceptors (Lipinski definition) is 4. The quantitative estimate of drug-likeness (QED) is 0.249. The molecule has 0 fully saturated rings. The molecule has 0 spiro atoms. The van der Waals surface area contributed by atoms with Gasteiger partial charge in [0.15, 0.2) is 0 Å². The summed E-state index contributed by atoms with van der Waals surface area (Å²) >= 11 is 0. The van der Waals surface area contributed by atoms with Crippen LogP contribution in [0.25, 0.3) is 0 Å². The number of anilines is 1. The first kappa shape index (κ1) is 25.9. The first-order valence-corrected chi connectivity index (χ1v) is 12.7. The van der Waals surface area contributed by atoms with Crippen molar-refractivity contribution in [2.75, 3.05) is 5.32 Å². The Morgan fingerprint density at radius 1 is 0.737 bits per heavy atom. The fourth-order valence-corrected chi connectivity index (χ4v) is 4.64. The SMILES string of the molecule is CC1(C)Oc2ccc(NCc3ccc(F)cc3)cc2C(OCc2ccccc2)C1OCc1ccc(F)cc1. The fourth-order valence-electron chi connectivity index (χ4n) is 4.64. The maximum atomic E-state index is 13.4. The van der Waals surface area contributed by atoms with Crippen molar-refractivity contribution >= 4 is 5.69 Å². The van der Waals surface area contributed by atoms with Crippen molar-refractivity contribution < 1.29 is 23.0 Å². The van der Waals surface area contributed by atoms with Crippen molar-refractivity contribution in [1.29, 1.82) is 0 Å². The molecule has 1 aliphatic rings. The van der Waals surface area contributed by atoms with Crippen LogP contribution in [0.4, 0.5) is 14.5 Å². The van der Waals surface area contributed by atoms with Crippen LogP contribution in [0.2, 0.25) is 0 Å². The molecule has 5 rings (SSSR count). The van der Waals surface area contributed by atoms with E-state index in [9.17, 15) is 8.78 Å². The van der Waals surface area contributed by atoms with Gasteiger partial charge in [-0.2, -0.15) is 0 Å². The third-order valence-electron chi connectivity index (χ3n) is 6.67. The molecule has 4 nitrogen and oxygen atoms in total. The average Bonchev–Trinajstić information content (AvgIpc) is 2.92. The van der Waals surface area contributed by atoms with Gasteiger partial charge in [0.25, 0.3) is 0 Å². The van der Waals surface area contributed by atoms with Crippen LogP contribution in [0.15, 0.2) is 97.1 Å². The first-order chi connectivity index (χ1) is 18.4. The molecular weight excluding hydrogens is 484 g/mol. The summed E-state index contributed by atoms with van der Waals surface area (Å²) in [7, 11) is 0. The molecule has 0 amide bonds. The van der Waals surface area contributed by atoms with Gasteiger partial charge in [-0.1, -0.05) is 54.6 Å². The van der Waals surface area contributed by atoms with Gasteiger partial charge in [0.05, 0.1) is 13.2 Å². The van der Waals surface area contributed by atoms with Gasteiger partial charge in [-0.05, 0) is 73.0 Å². The van der Waals surface area contributed by atoms with E-state index < -0.39 is 17.8 Å². The molecule has 0 aliphatic carbocycles. The summed E-state index contributed by atoms with van der Waals surface area (Å²) in [6.45, 7) is 5.23. The summed E-state index contributed by atoms with van der Waals surface area (Å²) < 4.78 is 46.1. The molecule has 0 saturated carbocycles. The van der Waals surface area contributed by atoms with Crippen molar-refractivity contribution in [3.8, 4) is 5.75 Å². The molecule has 0 aromatic heterocycles. The number of hydrogen-bond donors (Lipinski definition) is 1. The van der Waals surface area contributed by atoms with Crippen LogP contribution in [0.5, 0.6) is 5.75 Å². The fraction of sp³-hybridized carbons (Fsp3) is 0.250. The molecule has 1 N–H and O–H groups in total. The maximum absolute atomic E-state index is 13.4. The van der Waals surface area contributed by atoms with Crippen LogP contribution >= 0.6 is 0 Å². The number of benzene rings is 4. The Labute approximate surface area is 222 Å². The number of ether oxygens (including phenoxy) is 3. The molecule has 1 aliphatic heterocycles. The van der Waals surface area contributed by atoms with E-state index >= 15 is 0 Å². The smallest absolute Gasteiger partial charge is 0.132 e. The van der Waals surface area contributed by atoms with Gasteiger partial charge in [-0.25, -0.2) is 8.78 Å². The molecule has 196 valence electrons. The Morgan fingerprint density at radius 3 is 2.03 bits per heavy atom. The van der Waals surface area contributed by atoms with Gasteiger partial charge in [0, 0.05) is 17.8 Å². The summed E-state index contributed by atoms with van der Waals surface area (Å²) in [5.74, 6) is 0.197. The van der Waals surface area contributed by atoms with Crippen LogP contribution in [-0.2, 0) is 29.2 Å². The van der Waals surface area contributed by atoms with Gasteiger partial charge >= 0.3 is 0 Å². The van der Waals surface area contributed by atoms with E-state index in [0.29, 0.717) is 19.8 Å². The summed E-state index contributed by atoms with van der Waals surface area (Å²) in [5, 5.41) is 3.41. The number of fused-ring (bicyclic) bond motifs is 1. The predicted molar refractivity (Wildman–Crippen MR) is 144 cm³/mol. The van der Waals surface area contributed by atoms with Crippen molar-refractivity contribution in [2.45, 2.75) is 51.4 Å². The molecule has 0 saturated heterocycles. The summed E-state index contributed by atoms with van der Waals surface area (Å²) in [6, 6.07) is 28.7. The first-order valence-electron chi connectivity index (χ1n) is 12.7. The van der Waals surface area contributed by atoms with Gasteiger partial charge in [-0.3, -0.25) is 0 Å². The van der Waals surface area contributed by atoms with E-state index in [0.717, 1.165) is 33.7 Å². The second-order valence-electron chi connectivity index (χ2n) is 10.0.